The van der Waals surface area contributed by atoms with E-state index in [9.17, 15) is 4.39 Å². The van der Waals surface area contributed by atoms with E-state index >= 15 is 0 Å². The van der Waals surface area contributed by atoms with Crippen LogP contribution >= 0.6 is 27.5 Å². The van der Waals surface area contributed by atoms with Crippen molar-refractivity contribution in [3.8, 4) is 0 Å². The minimum absolute atomic E-state index is 0.00947. The molecule has 21 heavy (non-hydrogen) atoms. The average Bonchev–Trinajstić information content (AvgIpc) is 2.37. The Morgan fingerprint density at radius 3 is 2.48 bits per heavy atom. The lowest BCUT2D eigenvalue weighted by Gasteiger charge is -2.31. The highest BCUT2D eigenvalue weighted by atomic mass is 79.9. The monoisotopic (exact) mass is 377 g/mol. The zero-order valence-corrected chi connectivity index (χ0v) is 15.9. The summed E-state index contributed by atoms with van der Waals surface area (Å²) >= 11 is 9.42. The van der Waals surface area contributed by atoms with Gasteiger partial charge in [0.25, 0.3) is 0 Å². The van der Waals surface area contributed by atoms with E-state index in [-0.39, 0.29) is 17.3 Å². The molecule has 2 atom stereocenters. The van der Waals surface area contributed by atoms with E-state index < -0.39 is 0 Å². The van der Waals surface area contributed by atoms with Gasteiger partial charge in [-0.15, -0.1) is 0 Å². The Hall–Kier alpha value is -0.120. The van der Waals surface area contributed by atoms with Gasteiger partial charge in [0.2, 0.25) is 0 Å². The number of benzene rings is 1. The van der Waals surface area contributed by atoms with Crippen molar-refractivity contribution < 1.29 is 4.39 Å². The summed E-state index contributed by atoms with van der Waals surface area (Å²) in [6.45, 7) is 11.9. The second-order valence-electron chi connectivity index (χ2n) is 6.80. The van der Waals surface area contributed by atoms with Crippen LogP contribution in [0.2, 0.25) is 5.02 Å². The van der Waals surface area contributed by atoms with E-state index in [1.54, 1.807) is 6.07 Å². The van der Waals surface area contributed by atoms with Crippen LogP contribution in [0, 0.1) is 17.2 Å². The molecule has 0 radical (unpaired) electrons. The molecule has 0 aliphatic carbocycles. The van der Waals surface area contributed by atoms with Crippen LogP contribution in [0.25, 0.3) is 0 Å². The summed E-state index contributed by atoms with van der Waals surface area (Å²) < 4.78 is 14.9. The number of nitrogens with one attached hydrogen (secondary N) is 1. The maximum atomic E-state index is 14.3. The van der Waals surface area contributed by atoms with Crippen molar-refractivity contribution in [2.24, 2.45) is 11.3 Å². The lowest BCUT2D eigenvalue weighted by molar-refractivity contribution is 0.222. The van der Waals surface area contributed by atoms with Crippen molar-refractivity contribution in [1.29, 1.82) is 0 Å². The number of hydrogen-bond donors (Lipinski definition) is 1. The molecule has 0 spiro atoms. The number of halogens is 3. The molecule has 0 heterocycles. The maximum absolute atomic E-state index is 14.3. The van der Waals surface area contributed by atoms with E-state index in [1.807, 2.05) is 0 Å². The van der Waals surface area contributed by atoms with Crippen molar-refractivity contribution in [3.63, 3.8) is 0 Å². The molecule has 0 amide bonds. The zero-order valence-electron chi connectivity index (χ0n) is 13.6. The Kier molecular flexibility index (Phi) is 7.15. The van der Waals surface area contributed by atoms with Gasteiger partial charge in [-0.2, -0.15) is 0 Å². The van der Waals surface area contributed by atoms with Gasteiger partial charge >= 0.3 is 0 Å². The fourth-order valence-electron chi connectivity index (χ4n) is 2.15. The summed E-state index contributed by atoms with van der Waals surface area (Å²) in [6.07, 6.45) is 1.91. The predicted octanol–water partition coefficient (Wildman–Crippen LogP) is 6.35. The van der Waals surface area contributed by atoms with Crippen LogP contribution in [0.5, 0.6) is 0 Å². The molecular formula is C17H26BrClFN. The number of hydrogen-bond acceptors (Lipinski definition) is 1. The Balaban J connectivity index is 3.05. The molecule has 0 aromatic heterocycles. The van der Waals surface area contributed by atoms with Gasteiger partial charge in [-0.05, 0) is 58.8 Å². The van der Waals surface area contributed by atoms with Gasteiger partial charge in [0.15, 0.2) is 0 Å². The average molecular weight is 379 g/mol. The molecule has 0 saturated heterocycles. The first-order chi connectivity index (χ1) is 9.66. The Morgan fingerprint density at radius 2 is 1.95 bits per heavy atom. The van der Waals surface area contributed by atoms with Crippen LogP contribution in [0.15, 0.2) is 16.6 Å². The highest BCUT2D eigenvalue weighted by Gasteiger charge is 2.26. The van der Waals surface area contributed by atoms with Crippen LogP contribution < -0.4 is 5.32 Å². The van der Waals surface area contributed by atoms with Crippen molar-refractivity contribution in [2.75, 3.05) is 6.54 Å². The third-order valence-electron chi connectivity index (χ3n) is 4.12. The lowest BCUT2D eigenvalue weighted by atomic mass is 9.77. The molecular weight excluding hydrogens is 353 g/mol. The third kappa shape index (κ3) is 5.54. The molecule has 0 bridgehead atoms. The van der Waals surface area contributed by atoms with Crippen molar-refractivity contribution >= 4 is 27.5 Å². The fourth-order valence-corrected chi connectivity index (χ4v) is 2.64. The molecule has 4 heteroatoms. The van der Waals surface area contributed by atoms with E-state index in [0.717, 1.165) is 19.4 Å². The van der Waals surface area contributed by atoms with Gasteiger partial charge in [-0.25, -0.2) is 4.39 Å². The van der Waals surface area contributed by atoms with Gasteiger partial charge in [0.1, 0.15) is 5.82 Å². The van der Waals surface area contributed by atoms with Crippen LogP contribution in [0.3, 0.4) is 0 Å². The summed E-state index contributed by atoms with van der Waals surface area (Å²) in [7, 11) is 0. The summed E-state index contributed by atoms with van der Waals surface area (Å²) in [5.41, 5.74) is 0.856. The molecule has 0 aliphatic heterocycles. The summed E-state index contributed by atoms with van der Waals surface area (Å²) in [6, 6.07) is 3.19. The van der Waals surface area contributed by atoms with Gasteiger partial charge in [0.05, 0.1) is 5.02 Å². The minimum Gasteiger partial charge on any atom is -0.310 e. The normalized spacial score (nSPS) is 15.0. The van der Waals surface area contributed by atoms with Gasteiger partial charge in [-0.3, -0.25) is 0 Å². The standard InChI is InChI=1S/C17H26BrClFN/c1-6-7-21-16(8-11(2)17(3,4)5)12-9-14(19)13(18)10-15(12)20/h9-11,16,21H,6-8H2,1-5H3. The van der Waals surface area contributed by atoms with E-state index in [4.69, 9.17) is 11.6 Å². The summed E-state index contributed by atoms with van der Waals surface area (Å²) in [5, 5.41) is 4.02. The summed E-state index contributed by atoms with van der Waals surface area (Å²) in [5.74, 6) is 0.259. The molecule has 2 unspecified atom stereocenters. The first-order valence-corrected chi connectivity index (χ1v) is 8.71. The highest BCUT2D eigenvalue weighted by Crippen LogP contribution is 2.36. The SMILES string of the molecule is CCCNC(CC(C)C(C)(C)C)c1cc(Cl)c(Br)cc1F. The molecule has 1 aromatic carbocycles. The minimum atomic E-state index is -0.207. The van der Waals surface area contributed by atoms with Crippen LogP contribution in [0.4, 0.5) is 4.39 Å². The smallest absolute Gasteiger partial charge is 0.129 e. The van der Waals surface area contributed by atoms with Crippen LogP contribution in [0.1, 0.15) is 59.1 Å². The molecule has 0 saturated carbocycles. The zero-order chi connectivity index (χ0) is 16.2. The first-order valence-electron chi connectivity index (χ1n) is 7.54. The van der Waals surface area contributed by atoms with E-state index in [0.29, 0.717) is 21.0 Å². The van der Waals surface area contributed by atoms with Crippen molar-refractivity contribution in [2.45, 2.75) is 53.5 Å². The molecule has 0 aliphatic rings. The van der Waals surface area contributed by atoms with Crippen LogP contribution in [-0.2, 0) is 0 Å². The second kappa shape index (κ2) is 7.94. The molecule has 1 nitrogen and oxygen atoms in total. The quantitative estimate of drug-likeness (QED) is 0.568. The van der Waals surface area contributed by atoms with Gasteiger partial charge in [0, 0.05) is 16.1 Å². The van der Waals surface area contributed by atoms with Crippen molar-refractivity contribution in [3.05, 3.63) is 33.0 Å². The van der Waals surface area contributed by atoms with E-state index in [2.05, 4.69) is 55.9 Å². The summed E-state index contributed by atoms with van der Waals surface area (Å²) in [4.78, 5) is 0. The second-order valence-corrected chi connectivity index (χ2v) is 8.06. The molecule has 0 fully saturated rings. The largest absolute Gasteiger partial charge is 0.310 e. The van der Waals surface area contributed by atoms with E-state index in [1.165, 1.54) is 6.07 Å². The molecule has 1 aromatic rings. The molecule has 1 rings (SSSR count). The Labute approximate surface area is 141 Å². The van der Waals surface area contributed by atoms with Gasteiger partial charge < -0.3 is 5.32 Å². The maximum Gasteiger partial charge on any atom is 0.129 e. The fraction of sp³-hybridized carbons (Fsp3) is 0.647. The Bertz CT molecular complexity index is 471. The van der Waals surface area contributed by atoms with Gasteiger partial charge in [-0.1, -0.05) is 46.2 Å². The number of rotatable bonds is 6. The molecule has 1 N–H and O–H groups in total. The molecule has 120 valence electrons. The topological polar surface area (TPSA) is 12.0 Å². The van der Waals surface area contributed by atoms with Crippen LogP contribution in [-0.4, -0.2) is 6.54 Å². The highest BCUT2D eigenvalue weighted by molar-refractivity contribution is 9.10. The third-order valence-corrected chi connectivity index (χ3v) is 5.32. The predicted molar refractivity (Wildman–Crippen MR) is 93.4 cm³/mol. The lowest BCUT2D eigenvalue weighted by Crippen LogP contribution is -2.28. The van der Waals surface area contributed by atoms with Crippen molar-refractivity contribution in [1.82, 2.24) is 5.32 Å². The first kappa shape index (κ1) is 18.9. The Morgan fingerprint density at radius 1 is 1.33 bits per heavy atom.